The summed E-state index contributed by atoms with van der Waals surface area (Å²) in [5.41, 5.74) is 2.64. The molecule has 1 N–H and O–H groups in total. The van der Waals surface area contributed by atoms with E-state index >= 15 is 0 Å². The van der Waals surface area contributed by atoms with Gasteiger partial charge in [0, 0.05) is 21.6 Å². The Morgan fingerprint density at radius 3 is 2.62 bits per heavy atom. The summed E-state index contributed by atoms with van der Waals surface area (Å²) in [4.78, 5) is 19.7. The van der Waals surface area contributed by atoms with E-state index in [1.165, 1.54) is 29.7 Å². The van der Waals surface area contributed by atoms with E-state index in [-0.39, 0.29) is 5.56 Å². The molecule has 0 radical (unpaired) electrons. The highest BCUT2D eigenvalue weighted by atomic mass is 79.9. The van der Waals surface area contributed by atoms with Gasteiger partial charge in [-0.25, -0.2) is 9.78 Å². The molecule has 0 aliphatic heterocycles. The Bertz CT molecular complexity index is 799. The van der Waals surface area contributed by atoms with Gasteiger partial charge >= 0.3 is 5.97 Å². The highest BCUT2D eigenvalue weighted by Gasteiger charge is 2.10. The van der Waals surface area contributed by atoms with Gasteiger partial charge in [-0.05, 0) is 24.3 Å². The summed E-state index contributed by atoms with van der Waals surface area (Å²) in [5.74, 6) is -0.969. The van der Waals surface area contributed by atoms with E-state index in [2.05, 4.69) is 25.9 Å². The maximum absolute atomic E-state index is 11.0. The summed E-state index contributed by atoms with van der Waals surface area (Å²) < 4.78 is 1.01. The van der Waals surface area contributed by atoms with Gasteiger partial charge in [-0.3, -0.25) is 4.98 Å². The Morgan fingerprint density at radius 2 is 1.90 bits per heavy atom. The van der Waals surface area contributed by atoms with Crippen molar-refractivity contribution in [3.63, 3.8) is 0 Å². The fourth-order valence-corrected chi connectivity index (χ4v) is 2.88. The number of halogens is 1. The number of hydrogen-bond acceptors (Lipinski definition) is 4. The SMILES string of the molecule is O=C(O)c1ccnc(-c2nc(-c3ccc(Br)cc3)cs2)c1. The van der Waals surface area contributed by atoms with Gasteiger partial charge < -0.3 is 5.11 Å². The lowest BCUT2D eigenvalue weighted by Crippen LogP contribution is -1.97. The number of benzene rings is 1. The van der Waals surface area contributed by atoms with Crippen molar-refractivity contribution >= 4 is 33.2 Å². The van der Waals surface area contributed by atoms with Crippen LogP contribution >= 0.6 is 27.3 Å². The van der Waals surface area contributed by atoms with Crippen molar-refractivity contribution in [1.29, 1.82) is 0 Å². The molecule has 6 heteroatoms. The number of aromatic nitrogens is 2. The minimum Gasteiger partial charge on any atom is -0.478 e. The molecule has 104 valence electrons. The maximum atomic E-state index is 11.0. The van der Waals surface area contributed by atoms with Crippen molar-refractivity contribution in [2.75, 3.05) is 0 Å². The first-order valence-corrected chi connectivity index (χ1v) is 7.72. The largest absolute Gasteiger partial charge is 0.478 e. The highest BCUT2D eigenvalue weighted by molar-refractivity contribution is 9.10. The fraction of sp³-hybridized carbons (Fsp3) is 0. The highest BCUT2D eigenvalue weighted by Crippen LogP contribution is 2.28. The molecular weight excluding hydrogens is 352 g/mol. The zero-order valence-electron chi connectivity index (χ0n) is 10.7. The summed E-state index contributed by atoms with van der Waals surface area (Å²) in [6, 6.07) is 10.9. The average Bonchev–Trinajstić information content (AvgIpc) is 2.98. The van der Waals surface area contributed by atoms with Crippen LogP contribution in [0.25, 0.3) is 22.0 Å². The molecule has 21 heavy (non-hydrogen) atoms. The molecule has 0 spiro atoms. The molecule has 0 unspecified atom stereocenters. The van der Waals surface area contributed by atoms with Crippen molar-refractivity contribution < 1.29 is 9.90 Å². The Kier molecular flexibility index (Phi) is 3.81. The minimum atomic E-state index is -0.969. The van der Waals surface area contributed by atoms with Crippen LogP contribution in [0.2, 0.25) is 0 Å². The number of carboxylic acids is 1. The zero-order valence-corrected chi connectivity index (χ0v) is 13.1. The van der Waals surface area contributed by atoms with Crippen molar-refractivity contribution in [3.05, 3.63) is 58.0 Å². The molecule has 3 rings (SSSR count). The fourth-order valence-electron chi connectivity index (χ4n) is 1.83. The topological polar surface area (TPSA) is 63.1 Å². The lowest BCUT2D eigenvalue weighted by Gasteiger charge is -1.98. The molecule has 0 atom stereocenters. The smallest absolute Gasteiger partial charge is 0.335 e. The molecule has 2 aromatic heterocycles. The summed E-state index contributed by atoms with van der Waals surface area (Å²) in [7, 11) is 0. The van der Waals surface area contributed by atoms with E-state index in [1.807, 2.05) is 29.6 Å². The number of hydrogen-bond donors (Lipinski definition) is 1. The summed E-state index contributed by atoms with van der Waals surface area (Å²) in [6.07, 6.45) is 1.49. The molecule has 2 heterocycles. The van der Waals surface area contributed by atoms with Crippen LogP contribution in [0.4, 0.5) is 0 Å². The molecule has 1 aromatic carbocycles. The van der Waals surface area contributed by atoms with Crippen LogP contribution < -0.4 is 0 Å². The molecule has 0 amide bonds. The zero-order chi connectivity index (χ0) is 14.8. The number of pyridine rings is 1. The Labute approximate surface area is 133 Å². The molecule has 0 saturated heterocycles. The first-order chi connectivity index (χ1) is 10.1. The van der Waals surface area contributed by atoms with Crippen LogP contribution in [-0.2, 0) is 0 Å². The lowest BCUT2D eigenvalue weighted by atomic mass is 10.2. The molecule has 3 aromatic rings. The first kappa shape index (κ1) is 13.9. The van der Waals surface area contributed by atoms with Gasteiger partial charge in [0.2, 0.25) is 0 Å². The Hall–Kier alpha value is -2.05. The molecule has 0 aliphatic carbocycles. The van der Waals surface area contributed by atoms with E-state index in [4.69, 9.17) is 5.11 Å². The summed E-state index contributed by atoms with van der Waals surface area (Å²) >= 11 is 4.84. The van der Waals surface area contributed by atoms with Crippen molar-refractivity contribution in [3.8, 4) is 22.0 Å². The normalized spacial score (nSPS) is 10.5. The monoisotopic (exact) mass is 360 g/mol. The molecule has 0 fully saturated rings. The van der Waals surface area contributed by atoms with Gasteiger partial charge in [0.15, 0.2) is 0 Å². The van der Waals surface area contributed by atoms with Crippen LogP contribution in [0.3, 0.4) is 0 Å². The van der Waals surface area contributed by atoms with E-state index in [0.717, 1.165) is 15.7 Å². The van der Waals surface area contributed by atoms with Crippen LogP contribution in [-0.4, -0.2) is 21.0 Å². The third-order valence-electron chi connectivity index (χ3n) is 2.87. The van der Waals surface area contributed by atoms with Crippen molar-refractivity contribution in [2.24, 2.45) is 0 Å². The third-order valence-corrected chi connectivity index (χ3v) is 4.26. The van der Waals surface area contributed by atoms with Crippen LogP contribution in [0, 0.1) is 0 Å². The second-order valence-corrected chi connectivity index (χ2v) is 6.05. The van der Waals surface area contributed by atoms with Gasteiger partial charge in [0.25, 0.3) is 0 Å². The number of carbonyl (C=O) groups is 1. The Morgan fingerprint density at radius 1 is 1.14 bits per heavy atom. The van der Waals surface area contributed by atoms with Gasteiger partial charge in [-0.15, -0.1) is 11.3 Å². The van der Waals surface area contributed by atoms with Gasteiger partial charge in [0.05, 0.1) is 17.0 Å². The summed E-state index contributed by atoms with van der Waals surface area (Å²) in [5, 5.41) is 11.7. The van der Waals surface area contributed by atoms with Gasteiger partial charge in [0.1, 0.15) is 5.01 Å². The molecular formula is C15H9BrN2O2S. The molecule has 4 nitrogen and oxygen atoms in total. The van der Waals surface area contributed by atoms with E-state index < -0.39 is 5.97 Å². The van der Waals surface area contributed by atoms with E-state index in [9.17, 15) is 4.79 Å². The number of aromatic carboxylic acids is 1. The van der Waals surface area contributed by atoms with Crippen LogP contribution in [0.1, 0.15) is 10.4 Å². The lowest BCUT2D eigenvalue weighted by molar-refractivity contribution is 0.0697. The number of nitrogens with zero attached hydrogens (tertiary/aromatic N) is 2. The van der Waals surface area contributed by atoms with Gasteiger partial charge in [-0.2, -0.15) is 0 Å². The number of rotatable bonds is 3. The summed E-state index contributed by atoms with van der Waals surface area (Å²) in [6.45, 7) is 0. The third kappa shape index (κ3) is 3.01. The van der Waals surface area contributed by atoms with E-state index in [1.54, 1.807) is 0 Å². The van der Waals surface area contributed by atoms with Crippen LogP contribution in [0.5, 0.6) is 0 Å². The maximum Gasteiger partial charge on any atom is 0.335 e. The molecule has 0 bridgehead atoms. The Balaban J connectivity index is 1.96. The second-order valence-electron chi connectivity index (χ2n) is 4.28. The van der Waals surface area contributed by atoms with Crippen molar-refractivity contribution in [1.82, 2.24) is 9.97 Å². The van der Waals surface area contributed by atoms with E-state index in [0.29, 0.717) is 10.7 Å². The minimum absolute atomic E-state index is 0.209. The molecule has 0 aliphatic rings. The number of carboxylic acid groups (broad SMARTS) is 1. The predicted molar refractivity (Wildman–Crippen MR) is 85.4 cm³/mol. The van der Waals surface area contributed by atoms with Gasteiger partial charge in [-0.1, -0.05) is 28.1 Å². The van der Waals surface area contributed by atoms with Crippen molar-refractivity contribution in [2.45, 2.75) is 0 Å². The second kappa shape index (κ2) is 5.75. The standard InChI is InChI=1S/C15H9BrN2O2S/c16-11-3-1-9(2-4-11)13-8-21-14(18-13)12-7-10(15(19)20)5-6-17-12/h1-8H,(H,19,20). The predicted octanol–water partition coefficient (Wildman–Crippen LogP) is 4.33. The molecule has 0 saturated carbocycles. The first-order valence-electron chi connectivity index (χ1n) is 6.04. The average molecular weight is 361 g/mol. The quantitative estimate of drug-likeness (QED) is 0.754. The van der Waals surface area contributed by atoms with Crippen LogP contribution in [0.15, 0.2) is 52.4 Å². The number of thiazole rings is 1.